The Hall–Kier alpha value is -2.14. The Balaban J connectivity index is 2.19. The third-order valence-electron chi connectivity index (χ3n) is 3.63. The van der Waals surface area contributed by atoms with Crippen molar-refractivity contribution in [1.82, 2.24) is 9.78 Å². The predicted molar refractivity (Wildman–Crippen MR) is 98.2 cm³/mol. The maximum absolute atomic E-state index is 12.6. The molecule has 2 aromatic rings. The first-order valence-corrected chi connectivity index (χ1v) is 8.67. The molecule has 5 nitrogen and oxygen atoms in total. The third kappa shape index (κ3) is 5.16. The van der Waals surface area contributed by atoms with Crippen LogP contribution in [0.1, 0.15) is 63.5 Å². The number of nitrogens with zero attached hydrogens (tertiary/aromatic N) is 2. The summed E-state index contributed by atoms with van der Waals surface area (Å²) in [7, 11) is 0. The molecule has 0 bridgehead atoms. The molecule has 0 radical (unpaired) electrons. The van der Waals surface area contributed by atoms with Crippen molar-refractivity contribution < 1.29 is 14.3 Å². The fourth-order valence-corrected chi connectivity index (χ4v) is 2.49. The smallest absolute Gasteiger partial charge is 0.342 e. The first-order chi connectivity index (χ1) is 11.7. The maximum atomic E-state index is 12.6. The number of rotatable bonds is 6. The van der Waals surface area contributed by atoms with Gasteiger partial charge in [0, 0.05) is 0 Å². The third-order valence-corrected chi connectivity index (χ3v) is 3.63. The average Bonchev–Trinajstić information content (AvgIpc) is 2.98. The van der Waals surface area contributed by atoms with Gasteiger partial charge in [0.15, 0.2) is 0 Å². The molecule has 1 aromatic carbocycles. The number of ether oxygens (including phenoxy) is 2. The van der Waals surface area contributed by atoms with Gasteiger partial charge in [-0.05, 0) is 45.7 Å². The Morgan fingerprint density at radius 3 is 2.36 bits per heavy atom. The molecule has 25 heavy (non-hydrogen) atoms. The van der Waals surface area contributed by atoms with Crippen LogP contribution in [0.2, 0.25) is 0 Å². The van der Waals surface area contributed by atoms with Crippen LogP contribution in [0.15, 0.2) is 36.5 Å². The molecular weight excluding hydrogens is 316 g/mol. The summed E-state index contributed by atoms with van der Waals surface area (Å²) in [5.41, 5.74) is 2.01. The lowest BCUT2D eigenvalue weighted by molar-refractivity contribution is -0.0531. The van der Waals surface area contributed by atoms with Gasteiger partial charge < -0.3 is 9.47 Å². The number of esters is 1. The van der Waals surface area contributed by atoms with Crippen LogP contribution in [0.4, 0.5) is 0 Å². The topological polar surface area (TPSA) is 53.4 Å². The molecule has 5 heteroatoms. The zero-order chi connectivity index (χ0) is 18.6. The summed E-state index contributed by atoms with van der Waals surface area (Å²) in [5, 5.41) is 4.41. The SMILES string of the molecule is CC(COC(C)(C)C)OC(=O)c1cnn(-c2ccccc2)c1C(C)C. The van der Waals surface area contributed by atoms with Crippen molar-refractivity contribution in [2.45, 2.75) is 59.2 Å². The molecule has 0 saturated carbocycles. The predicted octanol–water partition coefficient (Wildman–Crippen LogP) is 4.36. The molecule has 0 aliphatic rings. The standard InChI is InChI=1S/C20H28N2O3/c1-14(2)18-17(12-21-22(18)16-10-8-7-9-11-16)19(23)25-15(3)13-24-20(4,5)6/h7-12,14-15H,13H2,1-6H3. The van der Waals surface area contributed by atoms with E-state index in [1.807, 2.05) is 71.9 Å². The highest BCUT2D eigenvalue weighted by Crippen LogP contribution is 2.24. The van der Waals surface area contributed by atoms with Crippen molar-refractivity contribution in [2.24, 2.45) is 0 Å². The summed E-state index contributed by atoms with van der Waals surface area (Å²) >= 11 is 0. The van der Waals surface area contributed by atoms with Gasteiger partial charge in [-0.2, -0.15) is 5.10 Å². The van der Waals surface area contributed by atoms with E-state index in [0.717, 1.165) is 11.4 Å². The number of carbonyl (C=O) groups is 1. The van der Waals surface area contributed by atoms with E-state index in [9.17, 15) is 4.79 Å². The van der Waals surface area contributed by atoms with Crippen LogP contribution in [-0.2, 0) is 9.47 Å². The maximum Gasteiger partial charge on any atom is 0.342 e. The van der Waals surface area contributed by atoms with Gasteiger partial charge in [-0.1, -0.05) is 32.0 Å². The minimum absolute atomic E-state index is 0.131. The molecular formula is C20H28N2O3. The number of hydrogen-bond donors (Lipinski definition) is 0. The Labute approximate surface area is 149 Å². The van der Waals surface area contributed by atoms with Crippen molar-refractivity contribution in [1.29, 1.82) is 0 Å². The molecule has 0 fully saturated rings. The molecule has 0 aliphatic carbocycles. The zero-order valence-electron chi connectivity index (χ0n) is 15.9. The summed E-state index contributed by atoms with van der Waals surface area (Å²) in [6, 6.07) is 9.78. The lowest BCUT2D eigenvalue weighted by atomic mass is 10.1. The van der Waals surface area contributed by atoms with E-state index < -0.39 is 0 Å². The molecule has 0 saturated heterocycles. The lowest BCUT2D eigenvalue weighted by Gasteiger charge is -2.22. The van der Waals surface area contributed by atoms with E-state index in [1.54, 1.807) is 10.9 Å². The summed E-state index contributed by atoms with van der Waals surface area (Å²) in [5.74, 6) is -0.234. The summed E-state index contributed by atoms with van der Waals surface area (Å²) in [4.78, 5) is 12.6. The Kier molecular flexibility index (Phi) is 6.01. The van der Waals surface area contributed by atoms with Crippen LogP contribution in [0, 0.1) is 0 Å². The van der Waals surface area contributed by atoms with E-state index >= 15 is 0 Å². The van der Waals surface area contributed by atoms with Crippen LogP contribution >= 0.6 is 0 Å². The van der Waals surface area contributed by atoms with Gasteiger partial charge in [0.2, 0.25) is 0 Å². The lowest BCUT2D eigenvalue weighted by Crippen LogP contribution is -2.28. The van der Waals surface area contributed by atoms with E-state index in [-0.39, 0.29) is 23.6 Å². The average molecular weight is 344 g/mol. The van der Waals surface area contributed by atoms with Gasteiger partial charge in [-0.3, -0.25) is 0 Å². The van der Waals surface area contributed by atoms with E-state index in [1.165, 1.54) is 0 Å². The second kappa shape index (κ2) is 7.83. The quantitative estimate of drug-likeness (QED) is 0.731. The van der Waals surface area contributed by atoms with Crippen molar-refractivity contribution >= 4 is 5.97 Å². The van der Waals surface area contributed by atoms with E-state index in [2.05, 4.69) is 5.10 Å². The number of carbonyl (C=O) groups excluding carboxylic acids is 1. The van der Waals surface area contributed by atoms with Crippen molar-refractivity contribution in [3.8, 4) is 5.69 Å². The highest BCUT2D eigenvalue weighted by molar-refractivity contribution is 5.91. The fourth-order valence-electron chi connectivity index (χ4n) is 2.49. The minimum atomic E-state index is -0.365. The first kappa shape index (κ1) is 19.2. The summed E-state index contributed by atoms with van der Waals surface area (Å²) in [6.07, 6.45) is 1.26. The van der Waals surface area contributed by atoms with Crippen LogP contribution in [0.25, 0.3) is 5.69 Å². The van der Waals surface area contributed by atoms with Crippen molar-refractivity contribution in [2.75, 3.05) is 6.61 Å². The molecule has 0 N–H and O–H groups in total. The number of para-hydroxylation sites is 1. The van der Waals surface area contributed by atoms with Crippen molar-refractivity contribution in [3.63, 3.8) is 0 Å². The first-order valence-electron chi connectivity index (χ1n) is 8.67. The second-order valence-electron chi connectivity index (χ2n) is 7.48. The molecule has 136 valence electrons. The number of aromatic nitrogens is 2. The minimum Gasteiger partial charge on any atom is -0.457 e. The van der Waals surface area contributed by atoms with Gasteiger partial charge in [0.05, 0.1) is 29.8 Å². The van der Waals surface area contributed by atoms with E-state index in [4.69, 9.17) is 9.47 Å². The molecule has 1 aromatic heterocycles. The molecule has 0 spiro atoms. The van der Waals surface area contributed by atoms with E-state index in [0.29, 0.717) is 12.2 Å². The largest absolute Gasteiger partial charge is 0.457 e. The Morgan fingerprint density at radius 1 is 1.16 bits per heavy atom. The van der Waals surface area contributed by atoms with Gasteiger partial charge in [0.1, 0.15) is 11.7 Å². The van der Waals surface area contributed by atoms with Gasteiger partial charge >= 0.3 is 5.97 Å². The van der Waals surface area contributed by atoms with Crippen LogP contribution in [-0.4, -0.2) is 34.1 Å². The van der Waals surface area contributed by atoms with Gasteiger partial charge in [-0.15, -0.1) is 0 Å². The molecule has 1 unspecified atom stereocenters. The molecule has 0 aliphatic heterocycles. The molecule has 1 heterocycles. The van der Waals surface area contributed by atoms with Crippen molar-refractivity contribution in [3.05, 3.63) is 47.8 Å². The Morgan fingerprint density at radius 2 is 1.80 bits per heavy atom. The monoisotopic (exact) mass is 344 g/mol. The number of hydrogen-bond acceptors (Lipinski definition) is 4. The van der Waals surface area contributed by atoms with Gasteiger partial charge in [0.25, 0.3) is 0 Å². The zero-order valence-corrected chi connectivity index (χ0v) is 15.9. The second-order valence-corrected chi connectivity index (χ2v) is 7.48. The fraction of sp³-hybridized carbons (Fsp3) is 0.500. The van der Waals surface area contributed by atoms with Crippen LogP contribution in [0.3, 0.4) is 0 Å². The highest BCUT2D eigenvalue weighted by atomic mass is 16.6. The summed E-state index contributed by atoms with van der Waals surface area (Å²) in [6.45, 7) is 12.2. The number of benzene rings is 1. The van der Waals surface area contributed by atoms with Crippen LogP contribution < -0.4 is 0 Å². The summed E-state index contributed by atoms with van der Waals surface area (Å²) < 4.78 is 13.0. The highest BCUT2D eigenvalue weighted by Gasteiger charge is 2.24. The van der Waals surface area contributed by atoms with Gasteiger partial charge in [-0.25, -0.2) is 9.48 Å². The molecule has 2 rings (SSSR count). The normalized spacial score (nSPS) is 13.1. The molecule has 0 amide bonds. The Bertz CT molecular complexity index is 699. The molecule has 1 atom stereocenters. The van der Waals surface area contributed by atoms with Crippen LogP contribution in [0.5, 0.6) is 0 Å².